The molecule has 0 radical (unpaired) electrons. The minimum atomic E-state index is -3.85. The van der Waals surface area contributed by atoms with Crippen molar-refractivity contribution in [2.24, 2.45) is 11.3 Å². The maximum atomic E-state index is 13.6. The number of likely N-dealkylation sites (tertiary alicyclic amines) is 1. The van der Waals surface area contributed by atoms with Crippen molar-refractivity contribution in [1.29, 1.82) is 0 Å². The topological polar surface area (TPSA) is 129 Å². The van der Waals surface area contributed by atoms with Crippen LogP contribution in [0.1, 0.15) is 59.3 Å². The fourth-order valence-electron chi connectivity index (χ4n) is 7.49. The molecule has 2 aliphatic rings. The van der Waals surface area contributed by atoms with Crippen LogP contribution >= 0.6 is 11.6 Å². The van der Waals surface area contributed by atoms with Crippen molar-refractivity contribution >= 4 is 44.6 Å². The van der Waals surface area contributed by atoms with Crippen molar-refractivity contribution in [1.82, 2.24) is 24.2 Å². The molecule has 250 valence electrons. The first-order valence-corrected chi connectivity index (χ1v) is 18.2. The molecule has 1 saturated carbocycles. The number of rotatable bonds is 8. The van der Waals surface area contributed by atoms with Crippen LogP contribution in [0.5, 0.6) is 0 Å². The highest BCUT2D eigenvalue weighted by molar-refractivity contribution is 7.90. The van der Waals surface area contributed by atoms with Gasteiger partial charge in [0.1, 0.15) is 0 Å². The lowest BCUT2D eigenvalue weighted by atomic mass is 9.74. The van der Waals surface area contributed by atoms with E-state index in [0.717, 1.165) is 50.5 Å². The standard InChI is InChI=1S/C35H43ClN6O4S/c1-35(2,3)32-23(10-9-19-41(32)34(43)44)20-37-24-15-17-25(18-16-24)39-33-38-21-29(36)31(40-33)28-22-42(30-14-8-7-13-27(28)30)47(45,46)26-11-5-4-6-12-26/h4-8,11-14,21-25,32,37H,9-10,15-20H2,1-3H3,(H,43,44)(H,38,39,40). The van der Waals surface area contributed by atoms with Crippen LogP contribution in [-0.2, 0) is 10.0 Å². The van der Waals surface area contributed by atoms with Gasteiger partial charge in [0.05, 0.1) is 27.3 Å². The number of fused-ring (bicyclic) bond motifs is 1. The predicted molar refractivity (Wildman–Crippen MR) is 185 cm³/mol. The third kappa shape index (κ3) is 6.98. The largest absolute Gasteiger partial charge is 0.465 e. The Labute approximate surface area is 281 Å². The normalized spacial score (nSPS) is 22.3. The number of piperidine rings is 1. The number of hydrogen-bond acceptors (Lipinski definition) is 7. The van der Waals surface area contributed by atoms with E-state index >= 15 is 0 Å². The molecular weight excluding hydrogens is 636 g/mol. The van der Waals surface area contributed by atoms with Crippen LogP contribution in [0.25, 0.3) is 22.2 Å². The molecular formula is C35H43ClN6O4S. The quantitative estimate of drug-likeness (QED) is 0.180. The number of nitrogens with zero attached hydrogens (tertiary/aromatic N) is 4. The van der Waals surface area contributed by atoms with Crippen molar-refractivity contribution in [3.8, 4) is 11.3 Å². The van der Waals surface area contributed by atoms with Gasteiger partial charge in [0.25, 0.3) is 10.0 Å². The average molecular weight is 679 g/mol. The molecule has 1 aliphatic carbocycles. The monoisotopic (exact) mass is 678 g/mol. The zero-order valence-electron chi connectivity index (χ0n) is 27.1. The Balaban J connectivity index is 1.14. The molecule has 2 aromatic heterocycles. The smallest absolute Gasteiger partial charge is 0.407 e. The number of aromatic nitrogens is 3. The predicted octanol–water partition coefficient (Wildman–Crippen LogP) is 7.11. The highest BCUT2D eigenvalue weighted by atomic mass is 35.5. The Kier molecular flexibility index (Phi) is 9.51. The maximum Gasteiger partial charge on any atom is 0.407 e. The summed E-state index contributed by atoms with van der Waals surface area (Å²) in [5.74, 6) is 0.734. The zero-order valence-corrected chi connectivity index (χ0v) is 28.6. The molecule has 2 fully saturated rings. The first kappa shape index (κ1) is 33.2. The minimum absolute atomic E-state index is 0.0111. The van der Waals surface area contributed by atoms with Gasteiger partial charge in [-0.1, -0.05) is 68.8 Å². The van der Waals surface area contributed by atoms with E-state index in [1.807, 2.05) is 18.2 Å². The molecule has 2 aromatic carbocycles. The summed E-state index contributed by atoms with van der Waals surface area (Å²) in [6.45, 7) is 7.83. The van der Waals surface area contributed by atoms with Crippen LogP contribution in [0.2, 0.25) is 5.02 Å². The number of carbonyl (C=O) groups is 1. The van der Waals surface area contributed by atoms with E-state index in [0.29, 0.717) is 40.3 Å². The summed E-state index contributed by atoms with van der Waals surface area (Å²) in [4.78, 5) is 23.1. The lowest BCUT2D eigenvalue weighted by Crippen LogP contribution is -2.56. The molecule has 0 bridgehead atoms. The summed E-state index contributed by atoms with van der Waals surface area (Å²) in [6.07, 6.45) is 8.09. The summed E-state index contributed by atoms with van der Waals surface area (Å²) in [7, 11) is -3.85. The van der Waals surface area contributed by atoms with Crippen molar-refractivity contribution in [2.45, 2.75) is 82.3 Å². The van der Waals surface area contributed by atoms with Gasteiger partial charge in [0, 0.05) is 48.4 Å². The third-order valence-electron chi connectivity index (χ3n) is 9.60. The van der Waals surface area contributed by atoms with E-state index in [1.54, 1.807) is 53.7 Å². The van der Waals surface area contributed by atoms with Gasteiger partial charge in [-0.25, -0.2) is 27.2 Å². The highest BCUT2D eigenvalue weighted by Gasteiger charge is 2.41. The summed E-state index contributed by atoms with van der Waals surface area (Å²) in [5, 5.41) is 18.2. The van der Waals surface area contributed by atoms with Gasteiger partial charge in [-0.05, 0) is 68.1 Å². The number of hydrogen-bond donors (Lipinski definition) is 3. The van der Waals surface area contributed by atoms with Gasteiger partial charge in [-0.2, -0.15) is 0 Å². The van der Waals surface area contributed by atoms with Crippen LogP contribution in [0.3, 0.4) is 0 Å². The molecule has 2 atom stereocenters. The van der Waals surface area contributed by atoms with Crippen LogP contribution in [0.4, 0.5) is 10.7 Å². The number of benzene rings is 2. The summed E-state index contributed by atoms with van der Waals surface area (Å²) in [5.41, 5.74) is 1.49. The fraction of sp³-hybridized carbons (Fsp3) is 0.457. The lowest BCUT2D eigenvalue weighted by molar-refractivity contribution is 0.0219. The lowest BCUT2D eigenvalue weighted by Gasteiger charge is -2.47. The first-order valence-electron chi connectivity index (χ1n) is 16.4. The number of anilines is 1. The van der Waals surface area contributed by atoms with E-state index in [9.17, 15) is 18.3 Å². The second-order valence-corrected chi connectivity index (χ2v) is 16.1. The Bertz CT molecular complexity index is 1830. The second-order valence-electron chi connectivity index (χ2n) is 13.9. The molecule has 0 spiro atoms. The molecule has 10 nitrogen and oxygen atoms in total. The van der Waals surface area contributed by atoms with Gasteiger partial charge in [-0.3, -0.25) is 0 Å². The van der Waals surface area contributed by atoms with Crippen molar-refractivity contribution < 1.29 is 18.3 Å². The first-order chi connectivity index (χ1) is 22.4. The molecule has 3 heterocycles. The van der Waals surface area contributed by atoms with Gasteiger partial charge >= 0.3 is 6.09 Å². The van der Waals surface area contributed by atoms with E-state index < -0.39 is 16.1 Å². The second kappa shape index (κ2) is 13.4. The Hall–Kier alpha value is -3.67. The van der Waals surface area contributed by atoms with Gasteiger partial charge < -0.3 is 20.6 Å². The SMILES string of the molecule is CC(C)(C)C1C(CNC2CCC(Nc3ncc(Cl)c(-c4cn(S(=O)(=O)c5ccccc5)c5ccccc45)n3)CC2)CCCN1C(=O)O. The molecule has 3 N–H and O–H groups in total. The number of amides is 1. The molecule has 1 saturated heterocycles. The molecule has 2 unspecified atom stereocenters. The van der Waals surface area contributed by atoms with E-state index in [-0.39, 0.29) is 28.3 Å². The van der Waals surface area contributed by atoms with E-state index in [1.165, 1.54) is 3.97 Å². The minimum Gasteiger partial charge on any atom is -0.465 e. The van der Waals surface area contributed by atoms with Crippen molar-refractivity contribution in [3.05, 3.63) is 72.0 Å². The highest BCUT2D eigenvalue weighted by Crippen LogP contribution is 2.37. The number of para-hydroxylation sites is 1. The van der Waals surface area contributed by atoms with Crippen molar-refractivity contribution in [3.63, 3.8) is 0 Å². The average Bonchev–Trinajstić information content (AvgIpc) is 3.45. The van der Waals surface area contributed by atoms with Gasteiger partial charge in [0.15, 0.2) is 0 Å². The summed E-state index contributed by atoms with van der Waals surface area (Å²) >= 11 is 6.64. The van der Waals surface area contributed by atoms with E-state index in [4.69, 9.17) is 16.6 Å². The Morgan fingerprint density at radius 2 is 1.68 bits per heavy atom. The van der Waals surface area contributed by atoms with Gasteiger partial charge in [-0.15, -0.1) is 0 Å². The molecule has 4 aromatic rings. The Morgan fingerprint density at radius 1 is 1.00 bits per heavy atom. The Morgan fingerprint density at radius 3 is 2.38 bits per heavy atom. The third-order valence-corrected chi connectivity index (χ3v) is 11.6. The van der Waals surface area contributed by atoms with Crippen LogP contribution < -0.4 is 10.6 Å². The number of nitrogens with one attached hydrogen (secondary N) is 2. The number of halogens is 1. The fourth-order valence-corrected chi connectivity index (χ4v) is 9.07. The van der Waals surface area contributed by atoms with Crippen LogP contribution in [0, 0.1) is 11.3 Å². The molecule has 6 rings (SSSR count). The van der Waals surface area contributed by atoms with Crippen LogP contribution in [0.15, 0.2) is 71.9 Å². The molecule has 47 heavy (non-hydrogen) atoms. The zero-order chi connectivity index (χ0) is 33.3. The van der Waals surface area contributed by atoms with Crippen molar-refractivity contribution in [2.75, 3.05) is 18.4 Å². The summed E-state index contributed by atoms with van der Waals surface area (Å²) in [6, 6.07) is 16.2. The molecule has 1 amide bonds. The maximum absolute atomic E-state index is 13.6. The van der Waals surface area contributed by atoms with Gasteiger partial charge in [0.2, 0.25) is 5.95 Å². The van der Waals surface area contributed by atoms with E-state index in [2.05, 4.69) is 36.4 Å². The molecule has 1 aliphatic heterocycles. The molecule has 12 heteroatoms. The number of carboxylic acid groups (broad SMARTS) is 1. The van der Waals surface area contributed by atoms with Crippen LogP contribution in [-0.4, -0.2) is 69.7 Å². The summed E-state index contributed by atoms with van der Waals surface area (Å²) < 4.78 is 28.5.